The number of hydrogen-bond donors (Lipinski definition) is 2. The summed E-state index contributed by atoms with van der Waals surface area (Å²) in [7, 11) is 0. The van der Waals surface area contributed by atoms with Gasteiger partial charge in [0, 0.05) is 35.9 Å². The molecule has 0 aliphatic carbocycles. The topological polar surface area (TPSA) is 44.4 Å². The quantitative estimate of drug-likeness (QED) is 0.878. The van der Waals surface area contributed by atoms with E-state index in [1.54, 1.807) is 0 Å². The molecule has 0 radical (unpaired) electrons. The van der Waals surface area contributed by atoms with Gasteiger partial charge in [-0.3, -0.25) is 4.79 Å². The molecule has 1 amide bonds. The fourth-order valence-corrected chi connectivity index (χ4v) is 2.75. The zero-order chi connectivity index (χ0) is 15.2. The molecule has 0 unspecified atom stereocenters. The molecule has 1 aliphatic heterocycles. The van der Waals surface area contributed by atoms with Crippen LogP contribution in [0, 0.1) is 5.92 Å². The van der Waals surface area contributed by atoms with E-state index >= 15 is 0 Å². The monoisotopic (exact) mass is 309 g/mol. The minimum Gasteiger partial charge on any atom is -0.362 e. The van der Waals surface area contributed by atoms with Crippen LogP contribution in [0.25, 0.3) is 0 Å². The fraction of sp³-hybridized carbons (Fsp3) is 0.562. The number of benzene rings is 1. The third-order valence-electron chi connectivity index (χ3n) is 3.55. The molecule has 1 aliphatic rings. The van der Waals surface area contributed by atoms with Crippen LogP contribution < -0.4 is 15.5 Å². The lowest BCUT2D eigenvalue weighted by Gasteiger charge is -2.25. The van der Waals surface area contributed by atoms with Crippen molar-refractivity contribution in [2.45, 2.75) is 26.8 Å². The summed E-state index contributed by atoms with van der Waals surface area (Å²) in [4.78, 5) is 13.9. The summed E-state index contributed by atoms with van der Waals surface area (Å²) in [6.07, 6.45) is 0.955. The zero-order valence-corrected chi connectivity index (χ0v) is 13.5. The molecule has 116 valence electrons. The number of amides is 1. The zero-order valence-electron chi connectivity index (χ0n) is 12.8. The largest absolute Gasteiger partial charge is 0.362 e. The summed E-state index contributed by atoms with van der Waals surface area (Å²) in [5, 5.41) is 7.10. The lowest BCUT2D eigenvalue weighted by atomic mass is 10.1. The van der Waals surface area contributed by atoms with Gasteiger partial charge in [0.2, 0.25) is 5.91 Å². The number of carbonyl (C=O) groups excluding carboxylic acids is 1. The second-order valence-corrected chi connectivity index (χ2v) is 6.29. The number of halogens is 1. The Kier molecular flexibility index (Phi) is 5.88. The summed E-state index contributed by atoms with van der Waals surface area (Å²) in [6.45, 7) is 8.06. The van der Waals surface area contributed by atoms with Crippen LogP contribution in [0.5, 0.6) is 0 Å². The highest BCUT2D eigenvalue weighted by atomic mass is 35.5. The van der Waals surface area contributed by atoms with Crippen molar-refractivity contribution in [2.24, 2.45) is 5.92 Å². The number of anilines is 1. The lowest BCUT2D eigenvalue weighted by Crippen LogP contribution is -2.34. The number of nitrogens with zero attached hydrogens (tertiary/aromatic N) is 1. The summed E-state index contributed by atoms with van der Waals surface area (Å²) < 4.78 is 0. The minimum absolute atomic E-state index is 0.0774. The molecule has 0 aromatic heterocycles. The van der Waals surface area contributed by atoms with E-state index in [1.165, 1.54) is 0 Å². The summed E-state index contributed by atoms with van der Waals surface area (Å²) in [5.41, 5.74) is 2.14. The normalized spacial score (nSPS) is 16.0. The van der Waals surface area contributed by atoms with E-state index in [0.29, 0.717) is 12.5 Å². The summed E-state index contributed by atoms with van der Waals surface area (Å²) >= 11 is 6.37. The van der Waals surface area contributed by atoms with Crippen LogP contribution in [0.4, 0.5) is 5.69 Å². The van der Waals surface area contributed by atoms with Crippen LogP contribution in [-0.4, -0.2) is 32.1 Å². The number of rotatable bonds is 5. The predicted molar refractivity (Wildman–Crippen MR) is 87.8 cm³/mol. The smallest absolute Gasteiger partial charge is 0.239 e. The molecular formula is C16H24ClN3O. The fourth-order valence-electron chi connectivity index (χ4n) is 2.52. The standard InChI is InChI=1S/C16H24ClN3O/c1-12(2)9-18-10-13-14(17)5-3-6-15(13)20-8-4-7-19-16(21)11-20/h3,5-6,12,18H,4,7-11H2,1-2H3,(H,19,21). The maximum Gasteiger partial charge on any atom is 0.239 e. The first-order valence-electron chi connectivity index (χ1n) is 7.57. The molecule has 0 saturated carbocycles. The SMILES string of the molecule is CC(C)CNCc1c(Cl)cccc1N1CCCNC(=O)C1. The molecular weight excluding hydrogens is 286 g/mol. The van der Waals surface area contributed by atoms with Gasteiger partial charge in [0.05, 0.1) is 6.54 Å². The number of nitrogens with one attached hydrogen (secondary N) is 2. The van der Waals surface area contributed by atoms with E-state index in [0.717, 1.165) is 48.9 Å². The Labute approximate surface area is 131 Å². The highest BCUT2D eigenvalue weighted by Crippen LogP contribution is 2.28. The van der Waals surface area contributed by atoms with Gasteiger partial charge < -0.3 is 15.5 Å². The maximum absolute atomic E-state index is 11.8. The van der Waals surface area contributed by atoms with Crippen molar-refractivity contribution >= 4 is 23.2 Å². The molecule has 2 rings (SSSR count). The van der Waals surface area contributed by atoms with Crippen molar-refractivity contribution in [1.82, 2.24) is 10.6 Å². The molecule has 0 atom stereocenters. The number of carbonyl (C=O) groups is 1. The van der Waals surface area contributed by atoms with Crippen molar-refractivity contribution in [3.63, 3.8) is 0 Å². The van der Waals surface area contributed by atoms with Crippen LogP contribution in [0.2, 0.25) is 5.02 Å². The Morgan fingerprint density at radius 3 is 3.00 bits per heavy atom. The van der Waals surface area contributed by atoms with Gasteiger partial charge in [-0.1, -0.05) is 31.5 Å². The maximum atomic E-state index is 11.8. The van der Waals surface area contributed by atoms with Gasteiger partial charge >= 0.3 is 0 Å². The van der Waals surface area contributed by atoms with E-state index < -0.39 is 0 Å². The van der Waals surface area contributed by atoms with Gasteiger partial charge in [-0.2, -0.15) is 0 Å². The van der Waals surface area contributed by atoms with E-state index in [1.807, 2.05) is 12.1 Å². The summed E-state index contributed by atoms with van der Waals surface area (Å²) in [6, 6.07) is 5.92. The van der Waals surface area contributed by atoms with Crippen molar-refractivity contribution < 1.29 is 4.79 Å². The first-order chi connectivity index (χ1) is 10.1. The minimum atomic E-state index is 0.0774. The highest BCUT2D eigenvalue weighted by Gasteiger charge is 2.18. The molecule has 1 aromatic rings. The Morgan fingerprint density at radius 1 is 1.43 bits per heavy atom. The van der Waals surface area contributed by atoms with Gasteiger partial charge in [0.1, 0.15) is 0 Å². The van der Waals surface area contributed by atoms with E-state index in [9.17, 15) is 4.79 Å². The molecule has 2 N–H and O–H groups in total. The lowest BCUT2D eigenvalue weighted by molar-refractivity contribution is -0.119. The molecule has 1 heterocycles. The van der Waals surface area contributed by atoms with Crippen molar-refractivity contribution in [3.8, 4) is 0 Å². The number of hydrogen-bond acceptors (Lipinski definition) is 3. The second kappa shape index (κ2) is 7.66. The Morgan fingerprint density at radius 2 is 2.24 bits per heavy atom. The van der Waals surface area contributed by atoms with Crippen LogP contribution in [0.3, 0.4) is 0 Å². The van der Waals surface area contributed by atoms with E-state index in [4.69, 9.17) is 11.6 Å². The molecule has 1 aromatic carbocycles. The van der Waals surface area contributed by atoms with Gasteiger partial charge in [0.15, 0.2) is 0 Å². The van der Waals surface area contributed by atoms with Crippen molar-refractivity contribution in [1.29, 1.82) is 0 Å². The Balaban J connectivity index is 2.17. The Hall–Kier alpha value is -1.26. The molecule has 0 spiro atoms. The molecule has 5 heteroatoms. The van der Waals surface area contributed by atoms with E-state index in [-0.39, 0.29) is 5.91 Å². The van der Waals surface area contributed by atoms with Crippen LogP contribution in [0.1, 0.15) is 25.8 Å². The predicted octanol–water partition coefficient (Wildman–Crippen LogP) is 2.41. The van der Waals surface area contributed by atoms with Gasteiger partial charge in [-0.25, -0.2) is 0 Å². The van der Waals surface area contributed by atoms with Crippen LogP contribution in [0.15, 0.2) is 18.2 Å². The molecule has 4 nitrogen and oxygen atoms in total. The molecule has 21 heavy (non-hydrogen) atoms. The summed E-state index contributed by atoms with van der Waals surface area (Å²) in [5.74, 6) is 0.675. The molecule has 1 saturated heterocycles. The van der Waals surface area contributed by atoms with Crippen LogP contribution >= 0.6 is 11.6 Å². The first-order valence-corrected chi connectivity index (χ1v) is 7.95. The average molecular weight is 310 g/mol. The van der Waals surface area contributed by atoms with Gasteiger partial charge in [-0.05, 0) is 31.0 Å². The third kappa shape index (κ3) is 4.61. The van der Waals surface area contributed by atoms with Crippen molar-refractivity contribution in [3.05, 3.63) is 28.8 Å². The average Bonchev–Trinajstić information content (AvgIpc) is 2.65. The Bertz CT molecular complexity index is 490. The van der Waals surface area contributed by atoms with Crippen LogP contribution in [-0.2, 0) is 11.3 Å². The first kappa shape index (κ1) is 16.1. The highest BCUT2D eigenvalue weighted by molar-refractivity contribution is 6.31. The van der Waals surface area contributed by atoms with Gasteiger partial charge in [0.25, 0.3) is 0 Å². The van der Waals surface area contributed by atoms with Crippen molar-refractivity contribution in [2.75, 3.05) is 31.1 Å². The molecule has 0 bridgehead atoms. The third-order valence-corrected chi connectivity index (χ3v) is 3.90. The molecule has 1 fully saturated rings. The van der Waals surface area contributed by atoms with Gasteiger partial charge in [-0.15, -0.1) is 0 Å². The van der Waals surface area contributed by atoms with E-state index in [2.05, 4.69) is 35.4 Å². The second-order valence-electron chi connectivity index (χ2n) is 5.89.